The summed E-state index contributed by atoms with van der Waals surface area (Å²) in [5.41, 5.74) is 0. The summed E-state index contributed by atoms with van der Waals surface area (Å²) in [5.74, 6) is 0.766. The zero-order chi connectivity index (χ0) is 15.1. The minimum absolute atomic E-state index is 0.0734. The number of hydrogen-bond acceptors (Lipinski definition) is 5. The molecule has 1 N–H and O–H groups in total. The molecule has 0 radical (unpaired) electrons. The molecule has 1 aromatic rings. The number of benzene rings is 1. The Morgan fingerprint density at radius 3 is 2.76 bits per heavy atom. The topological polar surface area (TPSA) is 68.2 Å². The molecule has 0 bridgehead atoms. The van der Waals surface area contributed by atoms with Crippen LogP contribution in [0.3, 0.4) is 0 Å². The van der Waals surface area contributed by atoms with Gasteiger partial charge in [-0.05, 0) is 24.3 Å². The Kier molecular flexibility index (Phi) is 5.83. The highest BCUT2D eigenvalue weighted by atomic mass is 16.5. The molecule has 0 spiro atoms. The fourth-order valence-electron chi connectivity index (χ4n) is 2.33. The number of carbonyl (C=O) groups is 1. The average Bonchev–Trinajstić information content (AvgIpc) is 2.49. The van der Waals surface area contributed by atoms with Crippen LogP contribution >= 0.6 is 0 Å². The first kappa shape index (κ1) is 15.6. The van der Waals surface area contributed by atoms with Crippen LogP contribution in [0.1, 0.15) is 6.42 Å². The van der Waals surface area contributed by atoms with E-state index in [0.29, 0.717) is 26.4 Å². The first-order chi connectivity index (χ1) is 10.2. The van der Waals surface area contributed by atoms with Crippen molar-refractivity contribution in [3.05, 3.63) is 24.3 Å². The second-order valence-electron chi connectivity index (χ2n) is 4.89. The monoisotopic (exact) mass is 295 g/mol. The zero-order valence-electron chi connectivity index (χ0n) is 12.2. The molecule has 6 nitrogen and oxygen atoms in total. The van der Waals surface area contributed by atoms with E-state index in [9.17, 15) is 4.79 Å². The van der Waals surface area contributed by atoms with Crippen LogP contribution in [0.15, 0.2) is 24.3 Å². The number of carboxylic acids is 1. The SMILES string of the molecule is COc1ccc(OCCN2CCOCC2CC(=O)O)cc1. The second kappa shape index (κ2) is 7.85. The first-order valence-electron chi connectivity index (χ1n) is 6.99. The van der Waals surface area contributed by atoms with Gasteiger partial charge in [0.15, 0.2) is 0 Å². The third kappa shape index (κ3) is 4.91. The Bertz CT molecular complexity index is 448. The highest BCUT2D eigenvalue weighted by Gasteiger charge is 2.24. The van der Waals surface area contributed by atoms with Gasteiger partial charge in [0.25, 0.3) is 0 Å². The van der Waals surface area contributed by atoms with Gasteiger partial charge in [0, 0.05) is 19.1 Å². The summed E-state index contributed by atoms with van der Waals surface area (Å²) in [6, 6.07) is 7.32. The largest absolute Gasteiger partial charge is 0.497 e. The van der Waals surface area contributed by atoms with Gasteiger partial charge in [-0.1, -0.05) is 0 Å². The summed E-state index contributed by atoms with van der Waals surface area (Å²) in [4.78, 5) is 13.0. The molecule has 1 aliphatic heterocycles. The molecule has 0 aliphatic carbocycles. The average molecular weight is 295 g/mol. The zero-order valence-corrected chi connectivity index (χ0v) is 12.2. The number of carboxylic acid groups (broad SMARTS) is 1. The van der Waals surface area contributed by atoms with Gasteiger partial charge in [0.2, 0.25) is 0 Å². The number of rotatable bonds is 7. The molecule has 116 valence electrons. The third-order valence-electron chi connectivity index (χ3n) is 3.47. The van der Waals surface area contributed by atoms with E-state index >= 15 is 0 Å². The van der Waals surface area contributed by atoms with Gasteiger partial charge in [0.1, 0.15) is 18.1 Å². The van der Waals surface area contributed by atoms with Crippen molar-refractivity contribution in [2.75, 3.05) is 40.0 Å². The van der Waals surface area contributed by atoms with E-state index in [1.165, 1.54) is 0 Å². The standard InChI is InChI=1S/C15H21NO5/c1-19-13-2-4-14(5-3-13)21-9-7-16-6-8-20-11-12(16)10-15(17)18/h2-5,12H,6-11H2,1H3,(H,17,18). The molecular formula is C15H21NO5. The molecule has 1 aromatic carbocycles. The van der Waals surface area contributed by atoms with Gasteiger partial charge in [-0.15, -0.1) is 0 Å². The Morgan fingerprint density at radius 2 is 2.10 bits per heavy atom. The van der Waals surface area contributed by atoms with E-state index < -0.39 is 5.97 Å². The van der Waals surface area contributed by atoms with Crippen LogP contribution in [-0.4, -0.2) is 62.0 Å². The lowest BCUT2D eigenvalue weighted by Crippen LogP contribution is -2.47. The quantitative estimate of drug-likeness (QED) is 0.816. The van der Waals surface area contributed by atoms with Gasteiger partial charge in [-0.25, -0.2) is 0 Å². The van der Waals surface area contributed by atoms with Crippen molar-refractivity contribution in [1.82, 2.24) is 4.90 Å². The Labute approximate surface area is 124 Å². The molecule has 1 fully saturated rings. The molecule has 1 heterocycles. The van der Waals surface area contributed by atoms with Crippen LogP contribution < -0.4 is 9.47 Å². The van der Waals surface area contributed by atoms with E-state index in [-0.39, 0.29) is 12.5 Å². The predicted octanol–water partition coefficient (Wildman–Crippen LogP) is 1.25. The van der Waals surface area contributed by atoms with Gasteiger partial charge in [-0.2, -0.15) is 0 Å². The first-order valence-corrected chi connectivity index (χ1v) is 6.99. The van der Waals surface area contributed by atoms with Crippen LogP contribution in [0.4, 0.5) is 0 Å². The molecule has 0 aromatic heterocycles. The normalized spacial score (nSPS) is 19.2. The second-order valence-corrected chi connectivity index (χ2v) is 4.89. The highest BCUT2D eigenvalue weighted by molar-refractivity contribution is 5.67. The Hall–Kier alpha value is -1.79. The predicted molar refractivity (Wildman–Crippen MR) is 76.9 cm³/mol. The van der Waals surface area contributed by atoms with E-state index in [4.69, 9.17) is 19.3 Å². The van der Waals surface area contributed by atoms with Crippen LogP contribution in [0.5, 0.6) is 11.5 Å². The van der Waals surface area contributed by atoms with Crippen molar-refractivity contribution in [1.29, 1.82) is 0 Å². The number of morpholine rings is 1. The maximum Gasteiger partial charge on any atom is 0.305 e. The van der Waals surface area contributed by atoms with E-state index in [2.05, 4.69) is 4.90 Å². The minimum Gasteiger partial charge on any atom is -0.497 e. The molecule has 0 saturated carbocycles. The minimum atomic E-state index is -0.799. The van der Waals surface area contributed by atoms with Crippen molar-refractivity contribution in [2.45, 2.75) is 12.5 Å². The van der Waals surface area contributed by atoms with Gasteiger partial charge in [0.05, 0.1) is 26.7 Å². The fraction of sp³-hybridized carbons (Fsp3) is 0.533. The van der Waals surface area contributed by atoms with Gasteiger partial charge >= 0.3 is 5.97 Å². The molecule has 0 amide bonds. The van der Waals surface area contributed by atoms with Crippen molar-refractivity contribution in [2.24, 2.45) is 0 Å². The summed E-state index contributed by atoms with van der Waals surface area (Å²) < 4.78 is 16.1. The van der Waals surface area contributed by atoms with Crippen LogP contribution in [0, 0.1) is 0 Å². The lowest BCUT2D eigenvalue weighted by molar-refractivity contribution is -0.140. The van der Waals surface area contributed by atoms with Crippen molar-refractivity contribution in [3.8, 4) is 11.5 Å². The molecule has 1 aliphatic rings. The lowest BCUT2D eigenvalue weighted by atomic mass is 10.1. The van der Waals surface area contributed by atoms with Crippen LogP contribution in [0.25, 0.3) is 0 Å². The fourth-order valence-corrected chi connectivity index (χ4v) is 2.33. The Balaban J connectivity index is 1.78. The maximum absolute atomic E-state index is 10.8. The summed E-state index contributed by atoms with van der Waals surface area (Å²) in [6.07, 6.45) is 0.0997. The van der Waals surface area contributed by atoms with Crippen molar-refractivity contribution in [3.63, 3.8) is 0 Å². The van der Waals surface area contributed by atoms with Crippen LogP contribution in [-0.2, 0) is 9.53 Å². The van der Waals surface area contributed by atoms with Gasteiger partial charge < -0.3 is 19.3 Å². The number of ether oxygens (including phenoxy) is 3. The maximum atomic E-state index is 10.8. The highest BCUT2D eigenvalue weighted by Crippen LogP contribution is 2.17. The molecule has 6 heteroatoms. The summed E-state index contributed by atoms with van der Waals surface area (Å²) in [6.45, 7) is 3.05. The molecular weight excluding hydrogens is 274 g/mol. The Morgan fingerprint density at radius 1 is 1.38 bits per heavy atom. The molecule has 1 saturated heterocycles. The molecule has 21 heavy (non-hydrogen) atoms. The smallest absolute Gasteiger partial charge is 0.305 e. The van der Waals surface area contributed by atoms with Crippen LogP contribution in [0.2, 0.25) is 0 Å². The number of aliphatic carboxylic acids is 1. The molecule has 1 unspecified atom stereocenters. The van der Waals surface area contributed by atoms with E-state index in [0.717, 1.165) is 18.0 Å². The van der Waals surface area contributed by atoms with E-state index in [1.54, 1.807) is 7.11 Å². The summed E-state index contributed by atoms with van der Waals surface area (Å²) in [7, 11) is 1.62. The third-order valence-corrected chi connectivity index (χ3v) is 3.47. The summed E-state index contributed by atoms with van der Waals surface area (Å²) in [5, 5.41) is 8.91. The van der Waals surface area contributed by atoms with Crippen molar-refractivity contribution < 1.29 is 24.1 Å². The van der Waals surface area contributed by atoms with Gasteiger partial charge in [-0.3, -0.25) is 9.69 Å². The number of hydrogen-bond donors (Lipinski definition) is 1. The molecule has 2 rings (SSSR count). The summed E-state index contributed by atoms with van der Waals surface area (Å²) >= 11 is 0. The van der Waals surface area contributed by atoms with E-state index in [1.807, 2.05) is 24.3 Å². The molecule has 1 atom stereocenters. The number of methoxy groups -OCH3 is 1. The van der Waals surface area contributed by atoms with Crippen molar-refractivity contribution >= 4 is 5.97 Å². The number of nitrogens with zero attached hydrogens (tertiary/aromatic N) is 1. The lowest BCUT2D eigenvalue weighted by Gasteiger charge is -2.34.